The van der Waals surface area contributed by atoms with Gasteiger partial charge < -0.3 is 10.4 Å². The second-order valence-electron chi connectivity index (χ2n) is 6.36. The molecule has 0 saturated carbocycles. The van der Waals surface area contributed by atoms with Crippen molar-refractivity contribution in [1.29, 1.82) is 0 Å². The number of anilines is 1. The van der Waals surface area contributed by atoms with Crippen LogP contribution in [0.15, 0.2) is 66.7 Å². The van der Waals surface area contributed by atoms with Gasteiger partial charge in [-0.25, -0.2) is 19.1 Å². The van der Waals surface area contributed by atoms with Gasteiger partial charge in [0.25, 0.3) is 5.91 Å². The molecule has 30 heavy (non-hydrogen) atoms. The third kappa shape index (κ3) is 5.39. The first kappa shape index (κ1) is 20.9. The highest BCUT2D eigenvalue weighted by atomic mass is 19.1. The lowest BCUT2D eigenvalue weighted by Crippen LogP contribution is -2.24. The van der Waals surface area contributed by atoms with Crippen molar-refractivity contribution in [3.05, 3.63) is 101 Å². The fourth-order valence-electron chi connectivity index (χ4n) is 2.70. The highest BCUT2D eigenvalue weighted by molar-refractivity contribution is 5.99. The van der Waals surface area contributed by atoms with Crippen LogP contribution in [0.1, 0.15) is 31.8 Å². The summed E-state index contributed by atoms with van der Waals surface area (Å²) < 4.78 is 26.4. The number of aromatic carboxylic acids is 1. The highest BCUT2D eigenvalue weighted by Crippen LogP contribution is 2.18. The Hall–Kier alpha value is -3.78. The maximum Gasteiger partial charge on any atom is 0.338 e. The summed E-state index contributed by atoms with van der Waals surface area (Å²) in [5.41, 5.74) is 3.93. The van der Waals surface area contributed by atoms with Crippen LogP contribution in [0, 0.1) is 11.6 Å². The molecule has 3 N–H and O–H groups in total. The van der Waals surface area contributed by atoms with Crippen LogP contribution in [-0.2, 0) is 18.0 Å². The molecule has 0 spiro atoms. The number of halogens is 2. The zero-order chi connectivity index (χ0) is 21.5. The number of hydrogen-bond donors (Lipinski definition) is 3. The van der Waals surface area contributed by atoms with Crippen molar-refractivity contribution in [2.75, 3.05) is 5.32 Å². The average Bonchev–Trinajstić information content (AvgIpc) is 2.74. The van der Waals surface area contributed by atoms with Crippen LogP contribution in [0.3, 0.4) is 0 Å². The predicted octanol–water partition coefficient (Wildman–Crippen LogP) is 4.14. The molecule has 0 saturated heterocycles. The second kappa shape index (κ2) is 9.62. The van der Waals surface area contributed by atoms with Gasteiger partial charge in [-0.15, -0.1) is 0 Å². The van der Waals surface area contributed by atoms with Crippen LogP contribution in [0.2, 0.25) is 0 Å². The van der Waals surface area contributed by atoms with Crippen LogP contribution < -0.4 is 10.8 Å². The third-order valence-corrected chi connectivity index (χ3v) is 4.23. The molecule has 0 fully saturated rings. The van der Waals surface area contributed by atoms with Gasteiger partial charge in [-0.05, 0) is 47.5 Å². The lowest BCUT2D eigenvalue weighted by atomic mass is 10.1. The first-order valence-corrected chi connectivity index (χ1v) is 8.95. The molecule has 3 aromatic carbocycles. The molecule has 6 nitrogen and oxygen atoms in total. The van der Waals surface area contributed by atoms with Crippen LogP contribution in [0.5, 0.6) is 0 Å². The summed E-state index contributed by atoms with van der Waals surface area (Å²) in [5.74, 6) is -3.03. The topological polar surface area (TPSA) is 87.7 Å². The molecule has 3 rings (SSSR count). The minimum atomic E-state index is -1.35. The number of carbonyl (C=O) groups excluding carboxylic acids is 1. The number of carbonyl (C=O) groups is 2. The molecule has 8 heteroatoms. The van der Waals surface area contributed by atoms with Crippen molar-refractivity contribution in [3.63, 3.8) is 0 Å². The summed E-state index contributed by atoms with van der Waals surface area (Å²) in [6.07, 6.45) is 0. The van der Waals surface area contributed by atoms with E-state index >= 15 is 0 Å². The Balaban J connectivity index is 1.62. The SMILES string of the molecule is O=C(O)c1cc(CNc2ccccc2C(=O)NOCc2ccc(F)cc2)ccc1F. The van der Waals surface area contributed by atoms with Gasteiger partial charge in [0.05, 0.1) is 17.7 Å². The van der Waals surface area contributed by atoms with E-state index in [9.17, 15) is 18.4 Å². The molecular weight excluding hydrogens is 394 g/mol. The Morgan fingerprint density at radius 2 is 1.60 bits per heavy atom. The van der Waals surface area contributed by atoms with Crippen molar-refractivity contribution in [2.24, 2.45) is 0 Å². The van der Waals surface area contributed by atoms with E-state index in [1.54, 1.807) is 36.4 Å². The van der Waals surface area contributed by atoms with Gasteiger partial charge in [0.15, 0.2) is 0 Å². The molecule has 0 aromatic heterocycles. The summed E-state index contributed by atoms with van der Waals surface area (Å²) in [6.45, 7) is 0.246. The minimum absolute atomic E-state index is 0.0646. The maximum absolute atomic E-state index is 13.5. The number of amides is 1. The van der Waals surface area contributed by atoms with E-state index in [0.717, 1.165) is 6.07 Å². The number of benzene rings is 3. The van der Waals surface area contributed by atoms with Crippen LogP contribution in [0.4, 0.5) is 14.5 Å². The lowest BCUT2D eigenvalue weighted by molar-refractivity contribution is 0.0234. The molecule has 3 aromatic rings. The first-order chi connectivity index (χ1) is 14.4. The molecule has 0 atom stereocenters. The Bertz CT molecular complexity index is 1060. The lowest BCUT2D eigenvalue weighted by Gasteiger charge is -2.13. The van der Waals surface area contributed by atoms with Gasteiger partial charge in [0.1, 0.15) is 11.6 Å². The number of hydrogen-bond acceptors (Lipinski definition) is 4. The molecule has 0 aliphatic heterocycles. The molecule has 0 aliphatic carbocycles. The van der Waals surface area contributed by atoms with E-state index in [2.05, 4.69) is 10.8 Å². The number of para-hydroxylation sites is 1. The molecule has 1 amide bonds. The minimum Gasteiger partial charge on any atom is -0.478 e. The summed E-state index contributed by atoms with van der Waals surface area (Å²) in [6, 6.07) is 16.1. The summed E-state index contributed by atoms with van der Waals surface area (Å²) in [4.78, 5) is 28.7. The van der Waals surface area contributed by atoms with Gasteiger partial charge in [0.2, 0.25) is 0 Å². The molecule has 0 radical (unpaired) electrons. The van der Waals surface area contributed by atoms with E-state index < -0.39 is 23.3 Å². The molecule has 0 aliphatic rings. The highest BCUT2D eigenvalue weighted by Gasteiger charge is 2.13. The van der Waals surface area contributed by atoms with E-state index in [4.69, 9.17) is 9.94 Å². The first-order valence-electron chi connectivity index (χ1n) is 8.95. The normalized spacial score (nSPS) is 10.5. The van der Waals surface area contributed by atoms with Crippen molar-refractivity contribution in [2.45, 2.75) is 13.2 Å². The number of carboxylic acid groups (broad SMARTS) is 1. The third-order valence-electron chi connectivity index (χ3n) is 4.23. The van der Waals surface area contributed by atoms with E-state index in [0.29, 0.717) is 22.4 Å². The smallest absolute Gasteiger partial charge is 0.338 e. The van der Waals surface area contributed by atoms with Crippen molar-refractivity contribution >= 4 is 17.6 Å². The summed E-state index contributed by atoms with van der Waals surface area (Å²) in [5, 5.41) is 12.1. The number of nitrogens with one attached hydrogen (secondary N) is 2. The number of hydroxylamine groups is 1. The van der Waals surface area contributed by atoms with Crippen LogP contribution in [0.25, 0.3) is 0 Å². The maximum atomic E-state index is 13.5. The van der Waals surface area contributed by atoms with Crippen molar-refractivity contribution in [3.8, 4) is 0 Å². The predicted molar refractivity (Wildman–Crippen MR) is 106 cm³/mol. The Morgan fingerprint density at radius 3 is 2.33 bits per heavy atom. The fourth-order valence-corrected chi connectivity index (χ4v) is 2.70. The average molecular weight is 412 g/mol. The van der Waals surface area contributed by atoms with E-state index in [1.165, 1.54) is 24.3 Å². The van der Waals surface area contributed by atoms with Gasteiger partial charge in [-0.2, -0.15) is 0 Å². The van der Waals surface area contributed by atoms with Crippen molar-refractivity contribution in [1.82, 2.24) is 5.48 Å². The van der Waals surface area contributed by atoms with Gasteiger partial charge >= 0.3 is 5.97 Å². The van der Waals surface area contributed by atoms with Crippen molar-refractivity contribution < 1.29 is 28.3 Å². The van der Waals surface area contributed by atoms with Gasteiger partial charge in [0, 0.05) is 12.2 Å². The molecule has 0 heterocycles. The second-order valence-corrected chi connectivity index (χ2v) is 6.36. The van der Waals surface area contributed by atoms with Crippen LogP contribution >= 0.6 is 0 Å². The van der Waals surface area contributed by atoms with Crippen LogP contribution in [-0.4, -0.2) is 17.0 Å². The fraction of sp³-hybridized carbons (Fsp3) is 0.0909. The molecular formula is C22H18F2N2O4. The van der Waals surface area contributed by atoms with E-state index in [-0.39, 0.29) is 19.0 Å². The zero-order valence-electron chi connectivity index (χ0n) is 15.7. The van der Waals surface area contributed by atoms with E-state index in [1.807, 2.05) is 0 Å². The monoisotopic (exact) mass is 412 g/mol. The molecule has 154 valence electrons. The summed E-state index contributed by atoms with van der Waals surface area (Å²) in [7, 11) is 0. The quantitative estimate of drug-likeness (QED) is 0.484. The van der Waals surface area contributed by atoms with Gasteiger partial charge in [-0.3, -0.25) is 9.63 Å². The molecule has 0 bridgehead atoms. The largest absolute Gasteiger partial charge is 0.478 e. The summed E-state index contributed by atoms with van der Waals surface area (Å²) >= 11 is 0. The zero-order valence-corrected chi connectivity index (χ0v) is 15.7. The Labute approximate surface area is 171 Å². The number of carboxylic acids is 1. The Kier molecular flexibility index (Phi) is 6.71. The number of rotatable bonds is 8. The Morgan fingerprint density at radius 1 is 0.900 bits per heavy atom. The van der Waals surface area contributed by atoms with Gasteiger partial charge in [-0.1, -0.05) is 30.3 Å². The standard InChI is InChI=1S/C22H18F2N2O4/c23-16-8-5-14(6-9-16)13-30-26-21(27)17-3-1-2-4-20(17)25-12-15-7-10-19(24)18(11-15)22(28)29/h1-11,25H,12-13H2,(H,26,27)(H,28,29). The molecule has 0 unspecified atom stereocenters.